The van der Waals surface area contributed by atoms with E-state index in [9.17, 15) is 0 Å². The number of ether oxygens (including phenoxy) is 3. The van der Waals surface area contributed by atoms with Crippen molar-refractivity contribution >= 4 is 0 Å². The first kappa shape index (κ1) is 41.1. The lowest BCUT2D eigenvalue weighted by atomic mass is 10.1. The molecule has 0 aromatic heterocycles. The van der Waals surface area contributed by atoms with Crippen LogP contribution in [0, 0.1) is 17.8 Å². The first-order chi connectivity index (χ1) is 20.8. The van der Waals surface area contributed by atoms with Crippen molar-refractivity contribution in [2.24, 2.45) is 17.8 Å². The molecule has 2 rings (SSSR count). The zero-order valence-electron chi connectivity index (χ0n) is 29.7. The van der Waals surface area contributed by atoms with Crippen molar-refractivity contribution in [3.05, 3.63) is 65.2 Å². The van der Waals surface area contributed by atoms with Gasteiger partial charge in [0.25, 0.3) is 0 Å². The van der Waals surface area contributed by atoms with E-state index in [2.05, 4.69) is 102 Å². The number of nitrogens with one attached hydrogen (secondary N) is 1. The van der Waals surface area contributed by atoms with Gasteiger partial charge < -0.3 is 19.5 Å². The van der Waals surface area contributed by atoms with E-state index in [0.717, 1.165) is 51.5 Å². The molecule has 0 heterocycles. The van der Waals surface area contributed by atoms with E-state index in [4.69, 9.17) is 14.2 Å². The largest absolute Gasteiger partial charge is 0.493 e. The summed E-state index contributed by atoms with van der Waals surface area (Å²) in [4.78, 5) is 0. The van der Waals surface area contributed by atoms with Crippen LogP contribution in [0.2, 0.25) is 0 Å². The molecule has 0 aliphatic heterocycles. The maximum atomic E-state index is 5.69. The molecule has 43 heavy (non-hydrogen) atoms. The van der Waals surface area contributed by atoms with Crippen LogP contribution in [0.4, 0.5) is 0 Å². The Morgan fingerprint density at radius 3 is 1.51 bits per heavy atom. The molecule has 4 heteroatoms. The van der Waals surface area contributed by atoms with Crippen LogP contribution in [0.25, 0.3) is 0 Å². The van der Waals surface area contributed by atoms with E-state index in [1.54, 1.807) is 0 Å². The second-order valence-electron chi connectivity index (χ2n) is 12.6. The molecule has 0 aliphatic rings. The van der Waals surface area contributed by atoms with Crippen molar-refractivity contribution in [3.63, 3.8) is 0 Å². The SMILES string of the molecule is CC.CC(C)CCOCc1ccc(COCCC(C)C)cc1.CCCCCCCCNCc1ccc(OCC(C)C)cc1. The molecular formula is C39H69NO3. The van der Waals surface area contributed by atoms with Gasteiger partial charge in [0, 0.05) is 19.8 Å². The Labute approximate surface area is 267 Å². The Morgan fingerprint density at radius 2 is 1.05 bits per heavy atom. The summed E-state index contributed by atoms with van der Waals surface area (Å²) < 4.78 is 17.0. The van der Waals surface area contributed by atoms with E-state index in [0.29, 0.717) is 31.0 Å². The summed E-state index contributed by atoms with van der Waals surface area (Å²) in [6.07, 6.45) is 10.4. The van der Waals surface area contributed by atoms with Gasteiger partial charge in [-0.15, -0.1) is 0 Å². The van der Waals surface area contributed by atoms with Crippen LogP contribution in [0.5, 0.6) is 5.75 Å². The van der Waals surface area contributed by atoms with Gasteiger partial charge in [-0.2, -0.15) is 0 Å². The van der Waals surface area contributed by atoms with Gasteiger partial charge in [-0.05, 0) is 72.4 Å². The van der Waals surface area contributed by atoms with Gasteiger partial charge in [0.05, 0.1) is 19.8 Å². The molecular weight excluding hydrogens is 530 g/mol. The highest BCUT2D eigenvalue weighted by atomic mass is 16.5. The molecule has 0 unspecified atom stereocenters. The highest BCUT2D eigenvalue weighted by molar-refractivity contribution is 5.27. The van der Waals surface area contributed by atoms with Gasteiger partial charge in [0.2, 0.25) is 0 Å². The number of hydrogen-bond acceptors (Lipinski definition) is 4. The Morgan fingerprint density at radius 1 is 0.581 bits per heavy atom. The molecule has 0 radical (unpaired) electrons. The van der Waals surface area contributed by atoms with Crippen molar-refractivity contribution in [1.82, 2.24) is 5.32 Å². The molecule has 248 valence electrons. The fraction of sp³-hybridized carbons (Fsp3) is 0.692. The molecule has 0 fully saturated rings. The van der Waals surface area contributed by atoms with Gasteiger partial charge in [-0.1, -0.05) is 131 Å². The van der Waals surface area contributed by atoms with Gasteiger partial charge in [0.15, 0.2) is 0 Å². The van der Waals surface area contributed by atoms with Crippen LogP contribution >= 0.6 is 0 Å². The van der Waals surface area contributed by atoms with E-state index in [-0.39, 0.29) is 0 Å². The second kappa shape index (κ2) is 28.9. The van der Waals surface area contributed by atoms with Crippen molar-refractivity contribution in [2.45, 2.75) is 133 Å². The van der Waals surface area contributed by atoms with Crippen LogP contribution in [-0.4, -0.2) is 26.4 Å². The lowest BCUT2D eigenvalue weighted by molar-refractivity contribution is 0.109. The van der Waals surface area contributed by atoms with E-state index in [1.165, 1.54) is 55.2 Å². The van der Waals surface area contributed by atoms with E-state index >= 15 is 0 Å². The molecule has 2 aromatic carbocycles. The summed E-state index contributed by atoms with van der Waals surface area (Å²) in [7, 11) is 0. The van der Waals surface area contributed by atoms with Gasteiger partial charge >= 0.3 is 0 Å². The molecule has 2 aromatic rings. The van der Waals surface area contributed by atoms with Crippen molar-refractivity contribution < 1.29 is 14.2 Å². The topological polar surface area (TPSA) is 39.7 Å². The lowest BCUT2D eigenvalue weighted by Gasteiger charge is -2.09. The number of unbranched alkanes of at least 4 members (excludes halogenated alkanes) is 5. The highest BCUT2D eigenvalue weighted by Crippen LogP contribution is 2.13. The third-order valence-electron chi connectivity index (χ3n) is 6.78. The molecule has 0 aliphatic carbocycles. The molecule has 4 nitrogen and oxygen atoms in total. The van der Waals surface area contributed by atoms with Crippen molar-refractivity contribution in [2.75, 3.05) is 26.4 Å². The summed E-state index contributed by atoms with van der Waals surface area (Å²) in [5.74, 6) is 2.97. The quantitative estimate of drug-likeness (QED) is 0.137. The minimum Gasteiger partial charge on any atom is -0.493 e. The highest BCUT2D eigenvalue weighted by Gasteiger charge is 2.00. The first-order valence-electron chi connectivity index (χ1n) is 17.5. The minimum absolute atomic E-state index is 0.573. The third-order valence-corrected chi connectivity index (χ3v) is 6.78. The molecule has 1 N–H and O–H groups in total. The normalized spacial score (nSPS) is 10.9. The minimum atomic E-state index is 0.573. The number of hydrogen-bond donors (Lipinski definition) is 1. The maximum Gasteiger partial charge on any atom is 0.119 e. The fourth-order valence-electron chi connectivity index (χ4n) is 3.98. The summed E-state index contributed by atoms with van der Waals surface area (Å²) in [5, 5.41) is 3.52. The van der Waals surface area contributed by atoms with Gasteiger partial charge in [-0.25, -0.2) is 0 Å². The third kappa shape index (κ3) is 26.3. The summed E-state index contributed by atoms with van der Waals surface area (Å²) in [6, 6.07) is 17.0. The van der Waals surface area contributed by atoms with Crippen molar-refractivity contribution in [3.8, 4) is 5.75 Å². The molecule has 0 saturated heterocycles. The van der Waals surface area contributed by atoms with Gasteiger partial charge in [0.1, 0.15) is 5.75 Å². The Bertz CT molecular complexity index is 796. The predicted molar refractivity (Wildman–Crippen MR) is 188 cm³/mol. The average Bonchev–Trinajstić information content (AvgIpc) is 3.00. The van der Waals surface area contributed by atoms with Crippen molar-refractivity contribution in [1.29, 1.82) is 0 Å². The van der Waals surface area contributed by atoms with Crippen LogP contribution in [0.3, 0.4) is 0 Å². The van der Waals surface area contributed by atoms with E-state index < -0.39 is 0 Å². The fourth-order valence-corrected chi connectivity index (χ4v) is 3.98. The predicted octanol–water partition coefficient (Wildman–Crippen LogP) is 11.0. The monoisotopic (exact) mass is 600 g/mol. The summed E-state index contributed by atoms with van der Waals surface area (Å²) in [6.45, 7) is 25.5. The van der Waals surface area contributed by atoms with Crippen LogP contribution in [0.1, 0.15) is 130 Å². The Hall–Kier alpha value is -1.88. The Balaban J connectivity index is 0.000000776. The van der Waals surface area contributed by atoms with Gasteiger partial charge in [-0.3, -0.25) is 0 Å². The van der Waals surface area contributed by atoms with E-state index in [1.807, 2.05) is 13.8 Å². The number of rotatable bonds is 22. The zero-order chi connectivity index (χ0) is 32.1. The summed E-state index contributed by atoms with van der Waals surface area (Å²) >= 11 is 0. The van der Waals surface area contributed by atoms with Crippen LogP contribution in [-0.2, 0) is 29.2 Å². The van der Waals surface area contributed by atoms with Crippen LogP contribution < -0.4 is 10.1 Å². The Kier molecular flexibility index (Phi) is 27.6. The second-order valence-corrected chi connectivity index (χ2v) is 12.6. The zero-order valence-corrected chi connectivity index (χ0v) is 29.7. The number of benzene rings is 2. The maximum absolute atomic E-state index is 5.69. The first-order valence-corrected chi connectivity index (χ1v) is 17.5. The molecule has 0 spiro atoms. The lowest BCUT2D eigenvalue weighted by Crippen LogP contribution is -2.14. The summed E-state index contributed by atoms with van der Waals surface area (Å²) in [5.41, 5.74) is 3.80. The smallest absolute Gasteiger partial charge is 0.119 e. The molecule has 0 amide bonds. The molecule has 0 saturated carbocycles. The van der Waals surface area contributed by atoms with Crippen LogP contribution in [0.15, 0.2) is 48.5 Å². The standard InChI is InChI=1S/C19H33NO.C18H30O2.C2H6/c1-4-5-6-7-8-9-14-20-15-18-10-12-19(13-11-18)21-16-17(2)3;1-15(2)9-11-19-13-17-5-7-18(8-6-17)14-20-12-10-16(3)4;1-2/h10-13,17,20H,4-9,14-16H2,1-3H3;5-8,15-16H,9-14H2,1-4H3;1-2H3. The molecule has 0 bridgehead atoms. The average molecular weight is 600 g/mol. The molecule has 0 atom stereocenters.